The van der Waals surface area contributed by atoms with Crippen molar-refractivity contribution in [2.45, 2.75) is 26.3 Å². The molecule has 0 bridgehead atoms. The van der Waals surface area contributed by atoms with Gasteiger partial charge in [0.2, 0.25) is 0 Å². The van der Waals surface area contributed by atoms with Crippen LogP contribution in [0.3, 0.4) is 0 Å². The second kappa shape index (κ2) is 5.96. The molecule has 2 aromatic rings. The number of hydrogen-bond donors (Lipinski definition) is 2. The number of phenols is 2. The molecule has 1 aliphatic heterocycles. The van der Waals surface area contributed by atoms with E-state index < -0.39 is 0 Å². The first-order valence-electron chi connectivity index (χ1n) is 7.63. The quantitative estimate of drug-likeness (QED) is 0.659. The average molecular weight is 304 g/mol. The predicted molar refractivity (Wildman–Crippen MR) is 95.4 cm³/mol. The fourth-order valence-electron chi connectivity index (χ4n) is 2.97. The van der Waals surface area contributed by atoms with Gasteiger partial charge in [0.15, 0.2) is 0 Å². The number of aromatic hydroxyl groups is 2. The molecule has 2 aromatic carbocycles. The van der Waals surface area contributed by atoms with Crippen molar-refractivity contribution in [3.8, 4) is 11.5 Å². The van der Waals surface area contributed by atoms with Gasteiger partial charge in [0.1, 0.15) is 0 Å². The molecule has 0 amide bonds. The zero-order valence-electron chi connectivity index (χ0n) is 13.3. The van der Waals surface area contributed by atoms with Crippen LogP contribution < -0.4 is 4.90 Å². The fourth-order valence-corrected chi connectivity index (χ4v) is 2.97. The zero-order chi connectivity index (χ0) is 16.6. The number of nitrogens with zero attached hydrogens (tertiary/aromatic N) is 1. The summed E-state index contributed by atoms with van der Waals surface area (Å²) in [5.41, 5.74) is 4.15. The van der Waals surface area contributed by atoms with Crippen molar-refractivity contribution >= 4 is 18.8 Å². The number of aryl methyl sites for hydroxylation is 2. The Morgan fingerprint density at radius 2 is 1.65 bits per heavy atom. The van der Waals surface area contributed by atoms with Gasteiger partial charge in [-0.05, 0) is 0 Å². The molecule has 0 spiro atoms. The van der Waals surface area contributed by atoms with Crippen LogP contribution in [0.2, 0.25) is 0 Å². The summed E-state index contributed by atoms with van der Waals surface area (Å²) in [4.78, 5) is 1.89. The molecule has 0 saturated heterocycles. The standard InChI is InChI=1S/C19H19BNO2/c1-12-6-8-17(22)14(10-12)15-4-3-5-19(20)21(15)16-11-13(2)7-9-18(16)23/h3-4,6-11,15,22-23H,5H2,1-2H3. The maximum absolute atomic E-state index is 10.3. The minimum absolute atomic E-state index is 0.172. The third-order valence-corrected chi connectivity index (χ3v) is 4.13. The van der Waals surface area contributed by atoms with Gasteiger partial charge in [-0.3, -0.25) is 0 Å². The molecular weight excluding hydrogens is 285 g/mol. The Labute approximate surface area is 137 Å². The Bertz CT molecular complexity index is 798. The number of anilines is 1. The summed E-state index contributed by atoms with van der Waals surface area (Å²) in [6.45, 7) is 3.95. The second-order valence-electron chi connectivity index (χ2n) is 5.99. The Balaban J connectivity index is 2.15. The van der Waals surface area contributed by atoms with Crippen LogP contribution in [-0.4, -0.2) is 23.3 Å². The molecule has 115 valence electrons. The molecule has 0 fully saturated rings. The van der Waals surface area contributed by atoms with Gasteiger partial charge in [0.05, 0.1) is 0 Å². The van der Waals surface area contributed by atoms with Crippen molar-refractivity contribution < 1.29 is 10.2 Å². The van der Waals surface area contributed by atoms with Crippen LogP contribution in [0.15, 0.2) is 48.6 Å². The molecule has 4 heteroatoms. The second-order valence-corrected chi connectivity index (χ2v) is 5.99. The summed E-state index contributed by atoms with van der Waals surface area (Å²) >= 11 is 0. The summed E-state index contributed by atoms with van der Waals surface area (Å²) in [5.74, 6) is 0.392. The molecule has 1 heterocycles. The van der Waals surface area contributed by atoms with Crippen molar-refractivity contribution in [1.82, 2.24) is 0 Å². The molecule has 3 nitrogen and oxygen atoms in total. The van der Waals surface area contributed by atoms with Gasteiger partial charge < -0.3 is 0 Å². The van der Waals surface area contributed by atoms with Gasteiger partial charge in [0, 0.05) is 0 Å². The van der Waals surface area contributed by atoms with Crippen LogP contribution in [-0.2, 0) is 0 Å². The molecule has 0 aliphatic carbocycles. The van der Waals surface area contributed by atoms with Crippen molar-refractivity contribution in [3.63, 3.8) is 0 Å². The van der Waals surface area contributed by atoms with Gasteiger partial charge in [-0.2, -0.15) is 0 Å². The third-order valence-electron chi connectivity index (χ3n) is 4.13. The summed E-state index contributed by atoms with van der Waals surface area (Å²) in [7, 11) is 6.24. The topological polar surface area (TPSA) is 43.7 Å². The first-order valence-corrected chi connectivity index (χ1v) is 7.63. The Morgan fingerprint density at radius 3 is 2.39 bits per heavy atom. The Morgan fingerprint density at radius 1 is 1.00 bits per heavy atom. The van der Waals surface area contributed by atoms with Crippen LogP contribution in [0, 0.1) is 13.8 Å². The molecule has 23 heavy (non-hydrogen) atoms. The van der Waals surface area contributed by atoms with E-state index in [9.17, 15) is 10.2 Å². The third kappa shape index (κ3) is 2.89. The monoisotopic (exact) mass is 304 g/mol. The van der Waals surface area contributed by atoms with E-state index in [0.29, 0.717) is 17.7 Å². The summed E-state index contributed by atoms with van der Waals surface area (Å²) in [6.07, 6.45) is 4.61. The normalized spacial score (nSPS) is 17.5. The number of rotatable bonds is 2. The van der Waals surface area contributed by atoms with E-state index in [1.165, 1.54) is 0 Å². The fraction of sp³-hybridized carbons (Fsp3) is 0.211. The summed E-state index contributed by atoms with van der Waals surface area (Å²) in [6, 6.07) is 10.7. The van der Waals surface area contributed by atoms with Gasteiger partial charge >= 0.3 is 137 Å². The van der Waals surface area contributed by atoms with Crippen molar-refractivity contribution in [1.29, 1.82) is 0 Å². The Hall–Kier alpha value is -2.49. The molecule has 0 aromatic heterocycles. The van der Waals surface area contributed by atoms with Crippen LogP contribution >= 0.6 is 0 Å². The van der Waals surface area contributed by atoms with E-state index in [1.807, 2.05) is 55.2 Å². The maximum atomic E-state index is 10.3. The van der Waals surface area contributed by atoms with Crippen molar-refractivity contribution in [2.75, 3.05) is 4.90 Å². The minimum atomic E-state index is -0.253. The van der Waals surface area contributed by atoms with E-state index in [-0.39, 0.29) is 17.5 Å². The van der Waals surface area contributed by atoms with E-state index in [0.717, 1.165) is 16.7 Å². The summed E-state index contributed by atoms with van der Waals surface area (Å²) in [5, 5.41) is 20.6. The van der Waals surface area contributed by atoms with Gasteiger partial charge in [0.25, 0.3) is 0 Å². The molecule has 1 aliphatic rings. The van der Waals surface area contributed by atoms with E-state index in [1.54, 1.807) is 12.1 Å². The molecule has 1 unspecified atom stereocenters. The summed E-state index contributed by atoms with van der Waals surface area (Å²) < 4.78 is 0. The van der Waals surface area contributed by atoms with Gasteiger partial charge in [-0.25, -0.2) is 0 Å². The molecule has 1 radical (unpaired) electrons. The van der Waals surface area contributed by atoms with Crippen LogP contribution in [0.25, 0.3) is 0 Å². The number of phenolic OH excluding ortho intramolecular Hbond substituents is 2. The number of benzene rings is 2. The van der Waals surface area contributed by atoms with Crippen LogP contribution in [0.4, 0.5) is 5.69 Å². The predicted octanol–water partition coefficient (Wildman–Crippen LogP) is 3.52. The molecule has 1 atom stereocenters. The van der Waals surface area contributed by atoms with Crippen LogP contribution in [0.5, 0.6) is 11.5 Å². The molecule has 3 rings (SSSR count). The van der Waals surface area contributed by atoms with Crippen LogP contribution in [0.1, 0.15) is 29.2 Å². The van der Waals surface area contributed by atoms with E-state index >= 15 is 0 Å². The zero-order valence-corrected chi connectivity index (χ0v) is 13.3. The SMILES string of the molecule is [B]=C1CC=CC(c2cc(C)ccc2O)N1c1cc(C)ccc1O. The molecule has 2 N–H and O–H groups in total. The van der Waals surface area contributed by atoms with Gasteiger partial charge in [-0.1, -0.05) is 0 Å². The van der Waals surface area contributed by atoms with Crippen molar-refractivity contribution in [3.05, 3.63) is 65.2 Å². The number of hydrogen-bond acceptors (Lipinski definition) is 3. The molecular formula is C19H19BNO2. The van der Waals surface area contributed by atoms with E-state index in [2.05, 4.69) is 0 Å². The molecule has 0 saturated carbocycles. The first kappa shape index (κ1) is 15.4. The van der Waals surface area contributed by atoms with Gasteiger partial charge in [-0.15, -0.1) is 0 Å². The first-order chi connectivity index (χ1) is 11.0. The van der Waals surface area contributed by atoms with Crippen molar-refractivity contribution in [2.24, 2.45) is 0 Å². The Kier molecular flexibility index (Phi) is 3.99. The average Bonchev–Trinajstić information content (AvgIpc) is 2.52. The van der Waals surface area contributed by atoms with E-state index in [4.69, 9.17) is 7.49 Å².